The first-order chi connectivity index (χ1) is 11.6. The number of rotatable bonds is 3. The molecule has 24 heavy (non-hydrogen) atoms. The summed E-state index contributed by atoms with van der Waals surface area (Å²) in [5, 5.41) is 0. The van der Waals surface area contributed by atoms with E-state index in [0.717, 1.165) is 18.2 Å². The summed E-state index contributed by atoms with van der Waals surface area (Å²) in [6, 6.07) is 5.08. The molecule has 1 fully saturated rings. The summed E-state index contributed by atoms with van der Waals surface area (Å²) in [4.78, 5) is 16.6. The van der Waals surface area contributed by atoms with Gasteiger partial charge in [-0.15, -0.1) is 0 Å². The molecule has 6 nitrogen and oxygen atoms in total. The second-order valence-corrected chi connectivity index (χ2v) is 5.43. The van der Waals surface area contributed by atoms with E-state index in [1.165, 1.54) is 0 Å². The van der Waals surface area contributed by atoms with Gasteiger partial charge >= 0.3 is 0 Å². The van der Waals surface area contributed by atoms with Crippen LogP contribution in [0.2, 0.25) is 0 Å². The van der Waals surface area contributed by atoms with Gasteiger partial charge in [0.05, 0.1) is 6.54 Å². The number of hydrogen-bond donors (Lipinski definition) is 1. The Labute approximate surface area is 138 Å². The van der Waals surface area contributed by atoms with Crippen LogP contribution in [-0.4, -0.2) is 47.0 Å². The number of piperazine rings is 1. The Morgan fingerprint density at radius 3 is 2.54 bits per heavy atom. The maximum absolute atomic E-state index is 13.6. The Balaban J connectivity index is 1.58. The van der Waals surface area contributed by atoms with Crippen molar-refractivity contribution in [2.24, 2.45) is 10.7 Å². The Morgan fingerprint density at radius 2 is 1.83 bits per heavy atom. The minimum absolute atomic E-state index is 0.0113. The first-order valence-corrected chi connectivity index (χ1v) is 7.64. The molecule has 0 bridgehead atoms. The average Bonchev–Trinajstić information content (AvgIpc) is 2.63. The average molecular weight is 332 g/mol. The molecule has 0 saturated carbocycles. The lowest BCUT2D eigenvalue weighted by Crippen LogP contribution is -2.51. The maximum atomic E-state index is 13.6. The highest BCUT2D eigenvalue weighted by molar-refractivity contribution is 5.78. The van der Waals surface area contributed by atoms with Crippen molar-refractivity contribution >= 4 is 11.9 Å². The number of aromatic nitrogens is 2. The van der Waals surface area contributed by atoms with Crippen molar-refractivity contribution < 1.29 is 8.78 Å². The first-order valence-electron chi connectivity index (χ1n) is 7.64. The zero-order valence-electron chi connectivity index (χ0n) is 13.1. The number of nitrogens with zero attached hydrogens (tertiary/aromatic N) is 5. The van der Waals surface area contributed by atoms with Gasteiger partial charge in [-0.1, -0.05) is 0 Å². The Bertz CT molecular complexity index is 714. The fourth-order valence-corrected chi connectivity index (χ4v) is 2.52. The fourth-order valence-electron chi connectivity index (χ4n) is 2.52. The summed E-state index contributed by atoms with van der Waals surface area (Å²) in [5.41, 5.74) is 6.17. The van der Waals surface area contributed by atoms with E-state index in [9.17, 15) is 8.78 Å². The lowest BCUT2D eigenvalue weighted by molar-refractivity contribution is 0.378. The number of aliphatic imine (C=N–C) groups is 1. The molecule has 0 aliphatic carbocycles. The number of benzene rings is 1. The standard InChI is InChI=1S/C16H18F2N6/c17-13-2-3-14(18)12(10-13)11-22-15(19)23-6-8-24(9-7-23)16-20-4-1-5-21-16/h1-5,10H,6-9,11H2,(H2,19,22). The highest BCUT2D eigenvalue weighted by Gasteiger charge is 2.19. The number of anilines is 1. The molecule has 8 heteroatoms. The van der Waals surface area contributed by atoms with Gasteiger partial charge in [0.2, 0.25) is 5.95 Å². The molecule has 1 saturated heterocycles. The summed E-state index contributed by atoms with van der Waals surface area (Å²) in [6.45, 7) is 2.78. The van der Waals surface area contributed by atoms with Crippen molar-refractivity contribution in [3.63, 3.8) is 0 Å². The molecule has 0 atom stereocenters. The molecule has 1 aromatic heterocycles. The highest BCUT2D eigenvalue weighted by atomic mass is 19.1. The van der Waals surface area contributed by atoms with E-state index in [1.807, 2.05) is 4.90 Å². The molecule has 0 unspecified atom stereocenters. The van der Waals surface area contributed by atoms with E-state index in [2.05, 4.69) is 19.9 Å². The van der Waals surface area contributed by atoms with Gasteiger partial charge in [-0.3, -0.25) is 0 Å². The quantitative estimate of drug-likeness (QED) is 0.679. The number of guanidine groups is 1. The lowest BCUT2D eigenvalue weighted by Gasteiger charge is -2.35. The number of hydrogen-bond acceptors (Lipinski definition) is 4. The highest BCUT2D eigenvalue weighted by Crippen LogP contribution is 2.12. The summed E-state index contributed by atoms with van der Waals surface area (Å²) < 4.78 is 26.7. The molecule has 2 heterocycles. The molecule has 1 aromatic carbocycles. The van der Waals surface area contributed by atoms with Gasteiger partial charge in [0.1, 0.15) is 11.6 Å². The topological polar surface area (TPSA) is 70.6 Å². The molecule has 1 aliphatic heterocycles. The summed E-state index contributed by atoms with van der Waals surface area (Å²) in [7, 11) is 0. The second-order valence-electron chi connectivity index (χ2n) is 5.43. The summed E-state index contributed by atoms with van der Waals surface area (Å²) in [6.07, 6.45) is 3.41. The van der Waals surface area contributed by atoms with Crippen LogP contribution in [0.3, 0.4) is 0 Å². The zero-order valence-corrected chi connectivity index (χ0v) is 13.1. The zero-order chi connectivity index (χ0) is 16.9. The van der Waals surface area contributed by atoms with E-state index < -0.39 is 11.6 Å². The van der Waals surface area contributed by atoms with Crippen LogP contribution in [0.15, 0.2) is 41.7 Å². The van der Waals surface area contributed by atoms with Crippen molar-refractivity contribution in [3.05, 3.63) is 53.9 Å². The van der Waals surface area contributed by atoms with Gasteiger partial charge in [-0.2, -0.15) is 0 Å². The van der Waals surface area contributed by atoms with E-state index in [-0.39, 0.29) is 12.1 Å². The van der Waals surface area contributed by atoms with Crippen LogP contribution in [0.5, 0.6) is 0 Å². The smallest absolute Gasteiger partial charge is 0.225 e. The molecule has 1 aliphatic rings. The van der Waals surface area contributed by atoms with Crippen molar-refractivity contribution in [3.8, 4) is 0 Å². The van der Waals surface area contributed by atoms with Crippen LogP contribution in [0.25, 0.3) is 0 Å². The third-order valence-electron chi connectivity index (χ3n) is 3.86. The number of nitrogens with two attached hydrogens (primary N) is 1. The predicted octanol–water partition coefficient (Wildman–Crippen LogP) is 1.39. The first kappa shape index (κ1) is 16.1. The van der Waals surface area contributed by atoms with E-state index in [1.54, 1.807) is 18.5 Å². The van der Waals surface area contributed by atoms with Crippen LogP contribution in [0.1, 0.15) is 5.56 Å². The largest absolute Gasteiger partial charge is 0.370 e. The fraction of sp³-hybridized carbons (Fsp3) is 0.312. The molecular weight excluding hydrogens is 314 g/mol. The van der Waals surface area contributed by atoms with Crippen LogP contribution < -0.4 is 10.6 Å². The van der Waals surface area contributed by atoms with Gasteiger partial charge in [-0.25, -0.2) is 23.7 Å². The molecule has 0 amide bonds. The SMILES string of the molecule is NC(=NCc1cc(F)ccc1F)N1CCN(c2ncccn2)CC1. The predicted molar refractivity (Wildman–Crippen MR) is 87.5 cm³/mol. The third-order valence-corrected chi connectivity index (χ3v) is 3.86. The van der Waals surface area contributed by atoms with Gasteiger partial charge in [-0.05, 0) is 24.3 Å². The van der Waals surface area contributed by atoms with Crippen LogP contribution in [0, 0.1) is 11.6 Å². The van der Waals surface area contributed by atoms with Crippen LogP contribution in [-0.2, 0) is 6.54 Å². The van der Waals surface area contributed by atoms with Crippen LogP contribution >= 0.6 is 0 Å². The Morgan fingerprint density at radius 1 is 1.12 bits per heavy atom. The molecule has 0 radical (unpaired) electrons. The molecule has 2 N–H and O–H groups in total. The van der Waals surface area contributed by atoms with Crippen molar-refractivity contribution in [1.82, 2.24) is 14.9 Å². The van der Waals surface area contributed by atoms with Crippen molar-refractivity contribution in [2.75, 3.05) is 31.1 Å². The summed E-state index contributed by atoms with van der Waals surface area (Å²) >= 11 is 0. The van der Waals surface area contributed by atoms with Gasteiger partial charge in [0, 0.05) is 44.1 Å². The third kappa shape index (κ3) is 3.76. The maximum Gasteiger partial charge on any atom is 0.225 e. The molecular formula is C16H18F2N6. The normalized spacial score (nSPS) is 15.7. The van der Waals surface area contributed by atoms with E-state index in [4.69, 9.17) is 5.73 Å². The summed E-state index contributed by atoms with van der Waals surface area (Å²) in [5.74, 6) is 0.0393. The van der Waals surface area contributed by atoms with Crippen LogP contribution in [0.4, 0.5) is 14.7 Å². The van der Waals surface area contributed by atoms with E-state index >= 15 is 0 Å². The van der Waals surface area contributed by atoms with Gasteiger partial charge in [0.25, 0.3) is 0 Å². The Kier molecular flexibility index (Phi) is 4.83. The van der Waals surface area contributed by atoms with Gasteiger partial charge < -0.3 is 15.5 Å². The lowest BCUT2D eigenvalue weighted by atomic mass is 10.2. The second kappa shape index (κ2) is 7.20. The van der Waals surface area contributed by atoms with Gasteiger partial charge in [0.15, 0.2) is 5.96 Å². The molecule has 0 spiro atoms. The molecule has 3 rings (SSSR count). The Hall–Kier alpha value is -2.77. The van der Waals surface area contributed by atoms with E-state index in [0.29, 0.717) is 38.1 Å². The number of halogens is 2. The molecule has 2 aromatic rings. The van der Waals surface area contributed by atoms with Crippen molar-refractivity contribution in [1.29, 1.82) is 0 Å². The monoisotopic (exact) mass is 332 g/mol. The molecule has 126 valence electrons. The van der Waals surface area contributed by atoms with Crippen molar-refractivity contribution in [2.45, 2.75) is 6.54 Å². The minimum atomic E-state index is -0.489. The minimum Gasteiger partial charge on any atom is -0.370 e.